The number of nitrogens with zero attached hydrogens (tertiary/aromatic N) is 1. The Labute approximate surface area is 70.1 Å². The van der Waals surface area contributed by atoms with Gasteiger partial charge in [-0.05, 0) is 32.6 Å². The van der Waals surface area contributed by atoms with Gasteiger partial charge >= 0.3 is 0 Å². The lowest BCUT2D eigenvalue weighted by Gasteiger charge is -2.31. The fraction of sp³-hybridized carbons (Fsp3) is 0.800. The molecular weight excluding hydrogens is 134 g/mol. The second-order valence-corrected chi connectivity index (χ2v) is 3.22. The summed E-state index contributed by atoms with van der Waals surface area (Å²) in [5, 5.41) is 0. The highest BCUT2D eigenvalue weighted by atomic mass is 15.1. The fourth-order valence-corrected chi connectivity index (χ4v) is 1.76. The summed E-state index contributed by atoms with van der Waals surface area (Å²) in [4.78, 5) is 2.53. The molecule has 0 saturated carbocycles. The van der Waals surface area contributed by atoms with Crippen LogP contribution in [0.2, 0.25) is 0 Å². The smallest absolute Gasteiger partial charge is 0.0175 e. The van der Waals surface area contributed by atoms with Gasteiger partial charge in [0.1, 0.15) is 0 Å². The van der Waals surface area contributed by atoms with Gasteiger partial charge in [-0.3, -0.25) is 0 Å². The quantitative estimate of drug-likeness (QED) is 0.589. The Balaban J connectivity index is 2.45. The normalized spacial score (nSPS) is 22.7. The molecule has 0 aliphatic carbocycles. The van der Waals surface area contributed by atoms with Gasteiger partial charge in [0.15, 0.2) is 0 Å². The number of piperidine rings is 1. The highest BCUT2D eigenvalue weighted by molar-refractivity contribution is 5.01. The van der Waals surface area contributed by atoms with Crippen LogP contribution >= 0.6 is 0 Å². The van der Waals surface area contributed by atoms with Crippen molar-refractivity contribution in [1.29, 1.82) is 0 Å². The van der Waals surface area contributed by atoms with E-state index in [1.165, 1.54) is 38.8 Å². The lowest BCUT2D eigenvalue weighted by Crippen LogP contribution is -2.28. The molecule has 0 atom stereocenters. The van der Waals surface area contributed by atoms with Crippen molar-refractivity contribution in [1.82, 2.24) is 4.90 Å². The molecule has 1 fully saturated rings. The molecule has 1 aliphatic heterocycles. The van der Waals surface area contributed by atoms with Crippen molar-refractivity contribution in [2.24, 2.45) is 0 Å². The molecule has 0 bridgehead atoms. The van der Waals surface area contributed by atoms with Crippen LogP contribution in [0.15, 0.2) is 11.8 Å². The predicted molar refractivity (Wildman–Crippen MR) is 49.5 cm³/mol. The molecule has 0 radical (unpaired) electrons. The molecule has 0 unspecified atom stereocenters. The Morgan fingerprint density at radius 3 is 2.91 bits per heavy atom. The highest BCUT2D eigenvalue weighted by Gasteiger charge is 2.11. The van der Waals surface area contributed by atoms with E-state index < -0.39 is 0 Å². The van der Waals surface area contributed by atoms with Crippen molar-refractivity contribution in [2.75, 3.05) is 13.1 Å². The van der Waals surface area contributed by atoms with Crippen LogP contribution in [0.5, 0.6) is 0 Å². The van der Waals surface area contributed by atoms with Crippen molar-refractivity contribution in [2.45, 2.75) is 39.5 Å². The molecule has 1 nitrogen and oxygen atoms in total. The standard InChI is InChI=1S/C10H19N/c1-3-8-11-9-6-5-7-10(11)4-2/h4H,3,5-9H2,1-2H3/b10-4-. The van der Waals surface area contributed by atoms with E-state index in [9.17, 15) is 0 Å². The molecule has 0 aromatic carbocycles. The van der Waals surface area contributed by atoms with E-state index in [1.54, 1.807) is 5.70 Å². The van der Waals surface area contributed by atoms with Gasteiger partial charge in [-0.25, -0.2) is 0 Å². The summed E-state index contributed by atoms with van der Waals surface area (Å²) in [5.74, 6) is 0. The minimum Gasteiger partial charge on any atom is -0.375 e. The maximum atomic E-state index is 2.53. The molecule has 0 aromatic rings. The zero-order valence-corrected chi connectivity index (χ0v) is 7.77. The molecule has 1 aliphatic rings. The monoisotopic (exact) mass is 153 g/mol. The summed E-state index contributed by atoms with van der Waals surface area (Å²) < 4.78 is 0. The lowest BCUT2D eigenvalue weighted by atomic mass is 10.1. The summed E-state index contributed by atoms with van der Waals surface area (Å²) in [6, 6.07) is 0. The molecule has 64 valence electrons. The van der Waals surface area contributed by atoms with E-state index >= 15 is 0 Å². The molecule has 11 heavy (non-hydrogen) atoms. The molecular formula is C10H19N. The summed E-state index contributed by atoms with van der Waals surface area (Å²) in [7, 11) is 0. The van der Waals surface area contributed by atoms with Crippen LogP contribution in [0.4, 0.5) is 0 Å². The molecule has 1 heterocycles. The summed E-state index contributed by atoms with van der Waals surface area (Å²) in [5.41, 5.74) is 1.57. The minimum atomic E-state index is 1.25. The Morgan fingerprint density at radius 1 is 1.45 bits per heavy atom. The Morgan fingerprint density at radius 2 is 2.27 bits per heavy atom. The number of hydrogen-bond acceptors (Lipinski definition) is 1. The maximum Gasteiger partial charge on any atom is 0.0175 e. The molecule has 1 saturated heterocycles. The minimum absolute atomic E-state index is 1.25. The Bertz CT molecular complexity index is 136. The lowest BCUT2D eigenvalue weighted by molar-refractivity contribution is 0.290. The van der Waals surface area contributed by atoms with Crippen LogP contribution in [0, 0.1) is 0 Å². The first-order valence-corrected chi connectivity index (χ1v) is 4.78. The Kier molecular flexibility index (Phi) is 3.47. The number of rotatable bonds is 2. The first kappa shape index (κ1) is 8.63. The molecule has 0 spiro atoms. The average molecular weight is 153 g/mol. The third-order valence-corrected chi connectivity index (χ3v) is 2.34. The second kappa shape index (κ2) is 4.42. The number of hydrogen-bond donors (Lipinski definition) is 0. The molecule has 0 N–H and O–H groups in total. The van der Waals surface area contributed by atoms with E-state index in [0.29, 0.717) is 0 Å². The molecule has 1 heteroatoms. The largest absolute Gasteiger partial charge is 0.375 e. The first-order chi connectivity index (χ1) is 5.38. The molecule has 0 amide bonds. The zero-order valence-electron chi connectivity index (χ0n) is 7.77. The van der Waals surface area contributed by atoms with Gasteiger partial charge in [-0.15, -0.1) is 0 Å². The molecule has 1 rings (SSSR count). The summed E-state index contributed by atoms with van der Waals surface area (Å²) >= 11 is 0. The van der Waals surface area contributed by atoms with Gasteiger partial charge in [-0.1, -0.05) is 13.0 Å². The molecule has 0 aromatic heterocycles. The van der Waals surface area contributed by atoms with Crippen molar-refractivity contribution in [3.8, 4) is 0 Å². The van der Waals surface area contributed by atoms with Gasteiger partial charge in [-0.2, -0.15) is 0 Å². The SMILES string of the molecule is C/C=C1/CCCCN1CCC. The van der Waals surface area contributed by atoms with Crippen molar-refractivity contribution in [3.63, 3.8) is 0 Å². The second-order valence-electron chi connectivity index (χ2n) is 3.22. The van der Waals surface area contributed by atoms with E-state index in [-0.39, 0.29) is 0 Å². The maximum absolute atomic E-state index is 2.53. The van der Waals surface area contributed by atoms with Crippen molar-refractivity contribution < 1.29 is 0 Å². The van der Waals surface area contributed by atoms with E-state index in [1.807, 2.05) is 0 Å². The van der Waals surface area contributed by atoms with Crippen molar-refractivity contribution >= 4 is 0 Å². The summed E-state index contributed by atoms with van der Waals surface area (Å²) in [6.07, 6.45) is 7.62. The van der Waals surface area contributed by atoms with Gasteiger partial charge in [0.05, 0.1) is 0 Å². The zero-order chi connectivity index (χ0) is 8.10. The number of likely N-dealkylation sites (tertiary alicyclic amines) is 1. The van der Waals surface area contributed by atoms with Crippen LogP contribution in [-0.2, 0) is 0 Å². The Hall–Kier alpha value is -0.460. The predicted octanol–water partition coefficient (Wildman–Crippen LogP) is 2.79. The average Bonchev–Trinajstić information content (AvgIpc) is 2.06. The van der Waals surface area contributed by atoms with E-state index in [4.69, 9.17) is 0 Å². The summed E-state index contributed by atoms with van der Waals surface area (Å²) in [6.45, 7) is 6.94. The van der Waals surface area contributed by atoms with Crippen LogP contribution in [-0.4, -0.2) is 18.0 Å². The van der Waals surface area contributed by atoms with Crippen molar-refractivity contribution in [3.05, 3.63) is 11.8 Å². The number of allylic oxidation sites excluding steroid dienone is 2. The van der Waals surface area contributed by atoms with Gasteiger partial charge in [0.2, 0.25) is 0 Å². The van der Waals surface area contributed by atoms with Crippen LogP contribution in [0.25, 0.3) is 0 Å². The third-order valence-electron chi connectivity index (χ3n) is 2.34. The third kappa shape index (κ3) is 2.25. The van der Waals surface area contributed by atoms with Crippen LogP contribution in [0.3, 0.4) is 0 Å². The van der Waals surface area contributed by atoms with Gasteiger partial charge < -0.3 is 4.90 Å². The van der Waals surface area contributed by atoms with Crippen LogP contribution < -0.4 is 0 Å². The first-order valence-electron chi connectivity index (χ1n) is 4.78. The van der Waals surface area contributed by atoms with Crippen LogP contribution in [0.1, 0.15) is 39.5 Å². The topological polar surface area (TPSA) is 3.24 Å². The van der Waals surface area contributed by atoms with Gasteiger partial charge in [0, 0.05) is 18.8 Å². The fourth-order valence-electron chi connectivity index (χ4n) is 1.76. The van der Waals surface area contributed by atoms with E-state index in [2.05, 4.69) is 24.8 Å². The van der Waals surface area contributed by atoms with E-state index in [0.717, 1.165) is 0 Å². The van der Waals surface area contributed by atoms with Gasteiger partial charge in [0.25, 0.3) is 0 Å². The highest BCUT2D eigenvalue weighted by Crippen LogP contribution is 2.19.